The molecule has 3 aromatic rings. The predicted octanol–water partition coefficient (Wildman–Crippen LogP) is 5.12. The van der Waals surface area contributed by atoms with Crippen molar-refractivity contribution in [3.05, 3.63) is 100 Å². The summed E-state index contributed by atoms with van der Waals surface area (Å²) < 4.78 is 10.8. The number of hydrogen-bond acceptors (Lipinski definition) is 4. The van der Waals surface area contributed by atoms with E-state index < -0.39 is 5.97 Å². The SMILES string of the molecule is Cc1ccc(C(=O)c2ccccc2C(=O)OCCOc2cccc(Cl)c2)cc1. The van der Waals surface area contributed by atoms with E-state index in [1.54, 1.807) is 60.7 Å². The fourth-order valence-electron chi connectivity index (χ4n) is 2.65. The van der Waals surface area contributed by atoms with Crippen LogP contribution in [0.3, 0.4) is 0 Å². The van der Waals surface area contributed by atoms with Gasteiger partial charge in [-0.2, -0.15) is 0 Å². The van der Waals surface area contributed by atoms with Gasteiger partial charge in [0.25, 0.3) is 0 Å². The van der Waals surface area contributed by atoms with E-state index in [9.17, 15) is 9.59 Å². The van der Waals surface area contributed by atoms with E-state index >= 15 is 0 Å². The summed E-state index contributed by atoms with van der Waals surface area (Å²) in [7, 11) is 0. The van der Waals surface area contributed by atoms with Gasteiger partial charge < -0.3 is 9.47 Å². The first-order valence-corrected chi connectivity index (χ1v) is 9.18. The maximum Gasteiger partial charge on any atom is 0.339 e. The lowest BCUT2D eigenvalue weighted by Crippen LogP contribution is -2.16. The molecule has 28 heavy (non-hydrogen) atoms. The maximum absolute atomic E-state index is 12.8. The average Bonchev–Trinajstić information content (AvgIpc) is 2.71. The first-order chi connectivity index (χ1) is 13.5. The van der Waals surface area contributed by atoms with Gasteiger partial charge in [0.2, 0.25) is 0 Å². The quantitative estimate of drug-likeness (QED) is 0.317. The third-order valence-electron chi connectivity index (χ3n) is 4.09. The molecule has 0 aromatic heterocycles. The van der Waals surface area contributed by atoms with E-state index in [2.05, 4.69) is 0 Å². The molecule has 0 aliphatic carbocycles. The highest BCUT2D eigenvalue weighted by molar-refractivity contribution is 6.30. The van der Waals surface area contributed by atoms with E-state index in [4.69, 9.17) is 21.1 Å². The Morgan fingerprint density at radius 2 is 1.57 bits per heavy atom. The Kier molecular flexibility index (Phi) is 6.45. The Morgan fingerprint density at radius 1 is 0.857 bits per heavy atom. The zero-order chi connectivity index (χ0) is 19.9. The number of carbonyl (C=O) groups excluding carboxylic acids is 2. The van der Waals surface area contributed by atoms with Gasteiger partial charge in [0.05, 0.1) is 5.56 Å². The molecular weight excluding hydrogens is 376 g/mol. The molecule has 0 amide bonds. The average molecular weight is 395 g/mol. The number of ketones is 1. The largest absolute Gasteiger partial charge is 0.490 e. The minimum absolute atomic E-state index is 0.0540. The Hall–Kier alpha value is -3.11. The van der Waals surface area contributed by atoms with Crippen LogP contribution >= 0.6 is 11.6 Å². The van der Waals surface area contributed by atoms with Crippen molar-refractivity contribution in [2.45, 2.75) is 6.92 Å². The molecule has 0 unspecified atom stereocenters. The molecule has 0 heterocycles. The fourth-order valence-corrected chi connectivity index (χ4v) is 2.83. The number of halogens is 1. The van der Waals surface area contributed by atoms with Crippen molar-refractivity contribution in [3.8, 4) is 5.75 Å². The van der Waals surface area contributed by atoms with Crippen LogP contribution in [0.15, 0.2) is 72.8 Å². The first-order valence-electron chi connectivity index (χ1n) is 8.80. The van der Waals surface area contributed by atoms with Gasteiger partial charge in [0, 0.05) is 16.1 Å². The molecule has 0 aliphatic rings. The number of benzene rings is 3. The molecule has 4 nitrogen and oxygen atoms in total. The molecule has 0 radical (unpaired) electrons. The monoisotopic (exact) mass is 394 g/mol. The van der Waals surface area contributed by atoms with Crippen LogP contribution in [0.2, 0.25) is 5.02 Å². The van der Waals surface area contributed by atoms with Crippen molar-refractivity contribution in [2.24, 2.45) is 0 Å². The molecule has 0 N–H and O–H groups in total. The van der Waals surface area contributed by atoms with Gasteiger partial charge in [-0.1, -0.05) is 65.7 Å². The zero-order valence-corrected chi connectivity index (χ0v) is 16.1. The topological polar surface area (TPSA) is 52.6 Å². The van der Waals surface area contributed by atoms with Crippen molar-refractivity contribution >= 4 is 23.4 Å². The maximum atomic E-state index is 12.8. The van der Waals surface area contributed by atoms with Gasteiger partial charge in [-0.25, -0.2) is 4.79 Å². The Balaban J connectivity index is 1.64. The van der Waals surface area contributed by atoms with Gasteiger partial charge >= 0.3 is 5.97 Å². The first kappa shape index (κ1) is 19.6. The van der Waals surface area contributed by atoms with Crippen LogP contribution in [0.1, 0.15) is 31.8 Å². The van der Waals surface area contributed by atoms with Gasteiger partial charge in [-0.05, 0) is 31.2 Å². The molecule has 0 fully saturated rings. The van der Waals surface area contributed by atoms with Crippen LogP contribution in [0, 0.1) is 6.92 Å². The van der Waals surface area contributed by atoms with Crippen molar-refractivity contribution in [3.63, 3.8) is 0 Å². The number of carbonyl (C=O) groups is 2. The second kappa shape index (κ2) is 9.20. The lowest BCUT2D eigenvalue weighted by atomic mass is 9.98. The standard InChI is InChI=1S/C23H19ClO4/c1-16-9-11-17(12-10-16)22(25)20-7-2-3-8-21(20)23(26)28-14-13-27-19-6-4-5-18(24)15-19/h2-12,15H,13-14H2,1H3. The minimum atomic E-state index is -0.564. The molecule has 0 saturated carbocycles. The second-order valence-corrected chi connectivity index (χ2v) is 6.62. The minimum Gasteiger partial charge on any atom is -0.490 e. The lowest BCUT2D eigenvalue weighted by molar-refractivity contribution is 0.0448. The van der Waals surface area contributed by atoms with Gasteiger partial charge in [-0.15, -0.1) is 0 Å². The third kappa shape index (κ3) is 4.99. The number of ether oxygens (including phenoxy) is 2. The summed E-state index contributed by atoms with van der Waals surface area (Å²) in [6.45, 7) is 2.18. The Bertz CT molecular complexity index is 980. The van der Waals surface area contributed by atoms with E-state index in [-0.39, 0.29) is 24.6 Å². The van der Waals surface area contributed by atoms with E-state index in [0.29, 0.717) is 21.9 Å². The summed E-state index contributed by atoms with van der Waals surface area (Å²) in [4.78, 5) is 25.3. The Morgan fingerprint density at radius 3 is 2.29 bits per heavy atom. The smallest absolute Gasteiger partial charge is 0.339 e. The molecule has 0 aliphatic heterocycles. The molecule has 0 atom stereocenters. The number of rotatable bonds is 7. The molecule has 0 spiro atoms. The number of esters is 1. The summed E-state index contributed by atoms with van der Waals surface area (Å²) in [5, 5.41) is 0.568. The molecule has 3 aromatic carbocycles. The summed E-state index contributed by atoms with van der Waals surface area (Å²) in [5.74, 6) is -0.188. The van der Waals surface area contributed by atoms with E-state index in [1.807, 2.05) is 19.1 Å². The highest BCUT2D eigenvalue weighted by atomic mass is 35.5. The number of hydrogen-bond donors (Lipinski definition) is 0. The van der Waals surface area contributed by atoms with Gasteiger partial charge in [-0.3, -0.25) is 4.79 Å². The van der Waals surface area contributed by atoms with Crippen molar-refractivity contribution in [1.29, 1.82) is 0 Å². The lowest BCUT2D eigenvalue weighted by Gasteiger charge is -2.10. The highest BCUT2D eigenvalue weighted by Gasteiger charge is 2.19. The Labute approximate surface area is 168 Å². The molecular formula is C23H19ClO4. The van der Waals surface area contributed by atoms with Gasteiger partial charge in [0.1, 0.15) is 19.0 Å². The van der Waals surface area contributed by atoms with Crippen molar-refractivity contribution in [1.82, 2.24) is 0 Å². The zero-order valence-electron chi connectivity index (χ0n) is 15.4. The molecule has 3 rings (SSSR count). The summed E-state index contributed by atoms with van der Waals surface area (Å²) in [5.41, 5.74) is 2.13. The van der Waals surface area contributed by atoms with Crippen LogP contribution in [0.25, 0.3) is 0 Å². The van der Waals surface area contributed by atoms with E-state index in [0.717, 1.165) is 5.56 Å². The molecule has 5 heteroatoms. The van der Waals surface area contributed by atoms with Crippen LogP contribution in [-0.4, -0.2) is 25.0 Å². The second-order valence-electron chi connectivity index (χ2n) is 6.18. The summed E-state index contributed by atoms with van der Waals surface area (Å²) in [6, 6.07) is 20.8. The molecule has 0 saturated heterocycles. The highest BCUT2D eigenvalue weighted by Crippen LogP contribution is 2.18. The fraction of sp³-hybridized carbons (Fsp3) is 0.130. The number of aryl methyl sites for hydroxylation is 1. The summed E-state index contributed by atoms with van der Waals surface area (Å²) in [6.07, 6.45) is 0. The molecule has 142 valence electrons. The third-order valence-corrected chi connectivity index (χ3v) is 4.32. The van der Waals surface area contributed by atoms with Crippen LogP contribution in [0.5, 0.6) is 5.75 Å². The van der Waals surface area contributed by atoms with Crippen LogP contribution in [-0.2, 0) is 4.74 Å². The van der Waals surface area contributed by atoms with Gasteiger partial charge in [0.15, 0.2) is 5.78 Å². The van der Waals surface area contributed by atoms with Crippen molar-refractivity contribution in [2.75, 3.05) is 13.2 Å². The van der Waals surface area contributed by atoms with E-state index in [1.165, 1.54) is 0 Å². The molecule has 0 bridgehead atoms. The van der Waals surface area contributed by atoms with Crippen molar-refractivity contribution < 1.29 is 19.1 Å². The summed E-state index contributed by atoms with van der Waals surface area (Å²) >= 11 is 5.90. The van der Waals surface area contributed by atoms with Crippen LogP contribution in [0.4, 0.5) is 0 Å². The normalized spacial score (nSPS) is 10.4. The predicted molar refractivity (Wildman–Crippen MR) is 108 cm³/mol. The van der Waals surface area contributed by atoms with Crippen LogP contribution < -0.4 is 4.74 Å².